The van der Waals surface area contributed by atoms with E-state index in [-0.39, 0.29) is 9.58 Å². The average molecular weight is 384 g/mol. The van der Waals surface area contributed by atoms with E-state index in [1.807, 2.05) is 0 Å². The number of alkyl halides is 3. The van der Waals surface area contributed by atoms with Crippen LogP contribution in [0.5, 0.6) is 0 Å². The first-order valence-electron chi connectivity index (χ1n) is 6.72. The largest absolute Gasteiger partial charge is 0.673 e. The summed E-state index contributed by atoms with van der Waals surface area (Å²) in [7, 11) is -7.98. The Labute approximate surface area is 139 Å². The molecule has 0 bridgehead atoms. The first kappa shape index (κ1) is 19.2. The lowest BCUT2D eigenvalue weighted by Crippen LogP contribution is -2.02. The minimum absolute atomic E-state index is 0.193. The monoisotopic (exact) mass is 384 g/mol. The Morgan fingerprint density at radius 2 is 1.32 bits per heavy atom. The zero-order chi connectivity index (χ0) is 18.8. The first-order valence-corrected chi connectivity index (χ1v) is 7.94. The molecule has 1 unspecified atom stereocenters. The summed E-state index contributed by atoms with van der Waals surface area (Å²) in [5, 5.41) is 0.576. The number of benzene rings is 2. The second kappa shape index (κ2) is 7.03. The maximum atomic E-state index is 13.4. The lowest BCUT2D eigenvalue weighted by molar-refractivity contribution is -0.0864. The summed E-state index contributed by atoms with van der Waals surface area (Å²) in [4.78, 5) is 0.193. The highest BCUT2D eigenvalue weighted by Gasteiger charge is 2.48. The third-order valence-electron chi connectivity index (χ3n) is 3.01. The predicted molar refractivity (Wildman–Crippen MR) is 83.3 cm³/mol. The van der Waals surface area contributed by atoms with Crippen LogP contribution in [-0.4, -0.2) is 7.25 Å². The third-order valence-corrected chi connectivity index (χ3v) is 5.07. The van der Waals surface area contributed by atoms with Crippen molar-refractivity contribution in [3.63, 3.8) is 0 Å². The van der Waals surface area contributed by atoms with E-state index in [9.17, 15) is 34.8 Å². The minimum Gasteiger partial charge on any atom is -0.418 e. The maximum Gasteiger partial charge on any atom is 0.673 e. The fourth-order valence-electron chi connectivity index (χ4n) is 2.17. The molecule has 0 radical (unpaired) electrons. The van der Waals surface area contributed by atoms with Gasteiger partial charge in [-0.05, 0) is 36.4 Å². The molecule has 0 fully saturated rings. The summed E-state index contributed by atoms with van der Waals surface area (Å²) in [6.45, 7) is 0. The molecule has 0 N–H and O–H groups in total. The van der Waals surface area contributed by atoms with Crippen LogP contribution in [-0.2, 0) is 5.51 Å². The molecule has 25 heavy (non-hydrogen) atoms. The van der Waals surface area contributed by atoms with Gasteiger partial charge in [0, 0.05) is 17.0 Å². The number of thiophene rings is 1. The highest BCUT2D eigenvalue weighted by Crippen LogP contribution is 2.54. The second-order valence-corrected chi connectivity index (χ2v) is 6.76. The van der Waals surface area contributed by atoms with Crippen molar-refractivity contribution in [3.8, 4) is 10.4 Å². The SMILES string of the molecule is F[B-](F)(F)F.Fc1ccc(-c2cc3ccccc3[s+]2C(F)(F)F)cc1. The summed E-state index contributed by atoms with van der Waals surface area (Å²) in [6.07, 6.45) is 0. The van der Waals surface area contributed by atoms with Gasteiger partial charge in [0.1, 0.15) is 16.3 Å². The van der Waals surface area contributed by atoms with Crippen molar-refractivity contribution in [2.75, 3.05) is 0 Å². The molecule has 0 spiro atoms. The molecule has 10 heteroatoms. The molecule has 2 aromatic carbocycles. The van der Waals surface area contributed by atoms with Crippen LogP contribution in [0.15, 0.2) is 54.6 Å². The van der Waals surface area contributed by atoms with Crippen LogP contribution in [0.25, 0.3) is 20.5 Å². The number of hydrogen-bond donors (Lipinski definition) is 0. The highest BCUT2D eigenvalue weighted by molar-refractivity contribution is 7.41. The molecule has 1 aromatic heterocycles. The fourth-order valence-corrected chi connectivity index (χ4v) is 4.10. The van der Waals surface area contributed by atoms with Crippen LogP contribution in [0.2, 0.25) is 0 Å². The Hall–Kier alpha value is -2.10. The van der Waals surface area contributed by atoms with Crippen molar-refractivity contribution in [1.29, 1.82) is 0 Å². The topological polar surface area (TPSA) is 0 Å². The van der Waals surface area contributed by atoms with E-state index < -0.39 is 29.0 Å². The lowest BCUT2D eigenvalue weighted by Gasteiger charge is -2.00. The Kier molecular flexibility index (Phi) is 5.41. The lowest BCUT2D eigenvalue weighted by atomic mass is 10.1. The summed E-state index contributed by atoms with van der Waals surface area (Å²) >= 11 is 0. The molecule has 3 rings (SSSR count). The van der Waals surface area contributed by atoms with Gasteiger partial charge in [0.15, 0.2) is 9.58 Å². The highest BCUT2D eigenvalue weighted by atomic mass is 32.2. The predicted octanol–water partition coefficient (Wildman–Crippen LogP) is 7.17. The van der Waals surface area contributed by atoms with Crippen molar-refractivity contribution in [1.82, 2.24) is 0 Å². The van der Waals surface area contributed by atoms with Gasteiger partial charge in [0.2, 0.25) is 0 Å². The van der Waals surface area contributed by atoms with Gasteiger partial charge in [-0.25, -0.2) is 4.39 Å². The Morgan fingerprint density at radius 3 is 1.84 bits per heavy atom. The molecule has 1 atom stereocenters. The summed E-state index contributed by atoms with van der Waals surface area (Å²) in [5.74, 6) is -0.461. The normalized spacial score (nSPS) is 12.7. The number of hydrogen-bond acceptors (Lipinski definition) is 0. The van der Waals surface area contributed by atoms with Crippen molar-refractivity contribution in [2.24, 2.45) is 0 Å². The summed E-state index contributed by atoms with van der Waals surface area (Å²) < 4.78 is 92.3. The van der Waals surface area contributed by atoms with E-state index >= 15 is 0 Å². The van der Waals surface area contributed by atoms with E-state index in [2.05, 4.69) is 0 Å². The van der Waals surface area contributed by atoms with E-state index in [0.717, 1.165) is 0 Å². The molecule has 3 aromatic rings. The van der Waals surface area contributed by atoms with Gasteiger partial charge in [-0.3, -0.25) is 0 Å². The van der Waals surface area contributed by atoms with Crippen LogP contribution in [0.1, 0.15) is 0 Å². The number of halogens is 8. The van der Waals surface area contributed by atoms with Crippen molar-refractivity contribution < 1.29 is 34.8 Å². The minimum atomic E-state index is -6.00. The van der Waals surface area contributed by atoms with Gasteiger partial charge in [-0.15, -0.1) is 13.2 Å². The van der Waals surface area contributed by atoms with E-state index in [0.29, 0.717) is 10.9 Å². The van der Waals surface area contributed by atoms with E-state index in [4.69, 9.17) is 0 Å². The smallest absolute Gasteiger partial charge is 0.418 e. The van der Waals surface area contributed by atoms with Gasteiger partial charge in [0.25, 0.3) is 0 Å². The van der Waals surface area contributed by atoms with Gasteiger partial charge in [-0.1, -0.05) is 12.1 Å². The second-order valence-electron chi connectivity index (χ2n) is 4.80. The molecule has 0 aliphatic rings. The standard InChI is InChI=1S/C15H9F4S.BF4/c16-12-7-5-10(6-8-12)14-9-11-3-1-2-4-13(11)20(14)15(17,18)19;2-1(3,4)5/h1-9H;/q+1;-1. The molecule has 0 aliphatic carbocycles. The number of rotatable bonds is 1. The molecular formula is C15H9BF8S. The van der Waals surface area contributed by atoms with Crippen LogP contribution in [0.3, 0.4) is 0 Å². The molecule has 0 saturated heterocycles. The van der Waals surface area contributed by atoms with Crippen molar-refractivity contribution in [3.05, 3.63) is 60.4 Å². The number of fused-ring (bicyclic) bond motifs is 1. The maximum absolute atomic E-state index is 13.4. The van der Waals surface area contributed by atoms with Gasteiger partial charge in [0.05, 0.1) is 0 Å². The van der Waals surface area contributed by atoms with Crippen molar-refractivity contribution >= 4 is 27.8 Å². The molecular weight excluding hydrogens is 375 g/mol. The fraction of sp³-hybridized carbons (Fsp3) is 0.0667. The van der Waals surface area contributed by atoms with Crippen molar-refractivity contribution in [2.45, 2.75) is 5.51 Å². The van der Waals surface area contributed by atoms with Gasteiger partial charge in [-0.2, -0.15) is 0 Å². The molecule has 0 saturated carbocycles. The van der Waals surface area contributed by atoms with Crippen LogP contribution in [0.4, 0.5) is 34.8 Å². The van der Waals surface area contributed by atoms with Crippen LogP contribution >= 0.6 is 10.5 Å². The molecule has 0 nitrogen and oxygen atoms in total. The molecule has 134 valence electrons. The first-order chi connectivity index (χ1) is 11.5. The average Bonchev–Trinajstić information content (AvgIpc) is 2.85. The quantitative estimate of drug-likeness (QED) is 0.237. The Bertz CT molecular complexity index is 843. The molecule has 1 heterocycles. The van der Waals surface area contributed by atoms with Gasteiger partial charge < -0.3 is 17.3 Å². The summed E-state index contributed by atoms with van der Waals surface area (Å²) in [6, 6.07) is 13.1. The Morgan fingerprint density at radius 1 is 0.800 bits per heavy atom. The molecule has 0 amide bonds. The Balaban J connectivity index is 0.000000399. The molecule has 0 aliphatic heterocycles. The van der Waals surface area contributed by atoms with Gasteiger partial charge >= 0.3 is 12.8 Å². The third kappa shape index (κ3) is 5.19. The zero-order valence-electron chi connectivity index (χ0n) is 12.2. The van der Waals surface area contributed by atoms with E-state index in [1.165, 1.54) is 30.3 Å². The zero-order valence-corrected chi connectivity index (χ0v) is 13.0. The van der Waals surface area contributed by atoms with E-state index in [1.54, 1.807) is 24.3 Å². The van der Waals surface area contributed by atoms with Crippen LogP contribution in [0, 0.1) is 5.82 Å². The van der Waals surface area contributed by atoms with Crippen LogP contribution < -0.4 is 0 Å². The summed E-state index contributed by atoms with van der Waals surface area (Å²) in [5.41, 5.74) is -3.93.